The molecule has 0 spiro atoms. The fourth-order valence-electron chi connectivity index (χ4n) is 2.90. The summed E-state index contributed by atoms with van der Waals surface area (Å²) in [6.45, 7) is 8.92. The Balaban J connectivity index is 1.66. The zero-order chi connectivity index (χ0) is 23.8. The monoisotopic (exact) mass is 506 g/mol. The molecule has 3 aromatic rings. The van der Waals surface area contributed by atoms with Gasteiger partial charge in [0.25, 0.3) is 0 Å². The molecule has 0 atom stereocenters. The van der Waals surface area contributed by atoms with Crippen LogP contribution >= 0.6 is 35.0 Å². The van der Waals surface area contributed by atoms with Gasteiger partial charge in [0.2, 0.25) is 5.91 Å². The lowest BCUT2D eigenvalue weighted by Crippen LogP contribution is -2.15. The van der Waals surface area contributed by atoms with E-state index in [1.165, 1.54) is 11.8 Å². The summed E-state index contributed by atoms with van der Waals surface area (Å²) in [5.74, 6) is 1.79. The largest absolute Gasteiger partial charge is 0.490 e. The van der Waals surface area contributed by atoms with Crippen molar-refractivity contribution < 1.29 is 14.3 Å². The first kappa shape index (κ1) is 25.0. The molecule has 0 saturated heterocycles. The third-order valence-electron chi connectivity index (χ3n) is 4.40. The number of aromatic nitrogens is 3. The van der Waals surface area contributed by atoms with Gasteiger partial charge in [-0.1, -0.05) is 47.1 Å². The topological polar surface area (TPSA) is 78.3 Å². The van der Waals surface area contributed by atoms with Crippen molar-refractivity contribution in [3.05, 3.63) is 70.5 Å². The Morgan fingerprint density at radius 2 is 2.00 bits per heavy atom. The normalized spacial score (nSPS) is 10.7. The highest BCUT2D eigenvalue weighted by atomic mass is 35.5. The molecule has 0 radical (unpaired) electrons. The van der Waals surface area contributed by atoms with E-state index in [2.05, 4.69) is 22.1 Å². The number of nitrogens with one attached hydrogen (secondary N) is 1. The predicted molar refractivity (Wildman–Crippen MR) is 133 cm³/mol. The van der Waals surface area contributed by atoms with E-state index in [0.29, 0.717) is 51.4 Å². The van der Waals surface area contributed by atoms with Crippen LogP contribution in [0.25, 0.3) is 0 Å². The average Bonchev–Trinajstić information content (AvgIpc) is 3.16. The smallest absolute Gasteiger partial charge is 0.234 e. The van der Waals surface area contributed by atoms with E-state index < -0.39 is 0 Å². The maximum Gasteiger partial charge on any atom is 0.234 e. The Labute approximate surface area is 207 Å². The van der Waals surface area contributed by atoms with E-state index in [1.807, 2.05) is 36.6 Å². The van der Waals surface area contributed by atoms with Crippen molar-refractivity contribution in [3.8, 4) is 11.5 Å². The maximum atomic E-state index is 12.4. The van der Waals surface area contributed by atoms with Gasteiger partial charge in [0.1, 0.15) is 6.61 Å². The van der Waals surface area contributed by atoms with E-state index >= 15 is 0 Å². The number of nitrogens with zero attached hydrogens (tertiary/aromatic N) is 3. The van der Waals surface area contributed by atoms with Crippen molar-refractivity contribution in [2.45, 2.75) is 32.2 Å². The fourth-order valence-corrected chi connectivity index (χ4v) is 4.00. The second kappa shape index (κ2) is 12.0. The number of amides is 1. The molecule has 0 aliphatic carbocycles. The molecule has 33 heavy (non-hydrogen) atoms. The van der Waals surface area contributed by atoms with Gasteiger partial charge in [-0.15, -0.1) is 16.8 Å². The first-order valence-corrected chi connectivity index (χ1v) is 11.9. The summed E-state index contributed by atoms with van der Waals surface area (Å²) >= 11 is 13.3. The van der Waals surface area contributed by atoms with Gasteiger partial charge in [0.05, 0.1) is 23.1 Å². The zero-order valence-corrected chi connectivity index (χ0v) is 20.6. The van der Waals surface area contributed by atoms with Crippen LogP contribution in [0.5, 0.6) is 11.5 Å². The molecule has 3 rings (SSSR count). The molecule has 174 valence electrons. The Morgan fingerprint density at radius 1 is 1.18 bits per heavy atom. The summed E-state index contributed by atoms with van der Waals surface area (Å²) in [4.78, 5) is 12.4. The molecule has 0 saturated carbocycles. The quantitative estimate of drug-likeness (QED) is 0.262. The molecule has 7 nitrogen and oxygen atoms in total. The van der Waals surface area contributed by atoms with Crippen molar-refractivity contribution in [3.63, 3.8) is 0 Å². The Morgan fingerprint density at radius 3 is 2.76 bits per heavy atom. The molecule has 10 heteroatoms. The Kier molecular flexibility index (Phi) is 9.05. The first-order chi connectivity index (χ1) is 15.9. The minimum atomic E-state index is -0.240. The highest BCUT2D eigenvalue weighted by molar-refractivity contribution is 7.99. The Bertz CT molecular complexity index is 1140. The number of benzene rings is 2. The van der Waals surface area contributed by atoms with Crippen molar-refractivity contribution >= 4 is 46.6 Å². The average molecular weight is 507 g/mol. The number of ether oxygens (including phenoxy) is 2. The van der Waals surface area contributed by atoms with Gasteiger partial charge in [0, 0.05) is 11.6 Å². The minimum Gasteiger partial charge on any atom is -0.490 e. The number of aryl methyl sites for hydroxylation is 1. The third-order valence-corrected chi connectivity index (χ3v) is 5.93. The van der Waals surface area contributed by atoms with Gasteiger partial charge in [0.15, 0.2) is 22.5 Å². The zero-order valence-electron chi connectivity index (χ0n) is 18.3. The van der Waals surface area contributed by atoms with E-state index in [1.54, 1.807) is 24.3 Å². The highest BCUT2D eigenvalue weighted by Crippen LogP contribution is 2.29. The van der Waals surface area contributed by atoms with E-state index in [0.717, 1.165) is 5.56 Å². The van der Waals surface area contributed by atoms with E-state index in [4.69, 9.17) is 32.7 Å². The van der Waals surface area contributed by atoms with Crippen LogP contribution in [0.3, 0.4) is 0 Å². The van der Waals surface area contributed by atoms with Crippen LogP contribution in [-0.4, -0.2) is 33.0 Å². The lowest BCUT2D eigenvalue weighted by atomic mass is 10.2. The molecule has 0 fully saturated rings. The van der Waals surface area contributed by atoms with Gasteiger partial charge in [-0.25, -0.2) is 0 Å². The molecule has 1 N–H and O–H groups in total. The van der Waals surface area contributed by atoms with Crippen molar-refractivity contribution in [1.29, 1.82) is 0 Å². The number of halogens is 2. The molecule has 0 aliphatic heterocycles. The molecule has 2 aromatic carbocycles. The summed E-state index contributed by atoms with van der Waals surface area (Å²) < 4.78 is 13.5. The van der Waals surface area contributed by atoms with Gasteiger partial charge in [-0.2, -0.15) is 0 Å². The minimum absolute atomic E-state index is 0.116. The highest BCUT2D eigenvalue weighted by Gasteiger charge is 2.16. The van der Waals surface area contributed by atoms with Crippen molar-refractivity contribution in [2.75, 3.05) is 17.7 Å². The summed E-state index contributed by atoms with van der Waals surface area (Å²) in [5, 5.41) is 12.7. The van der Waals surface area contributed by atoms with Gasteiger partial charge in [-0.05, 0) is 49.7 Å². The first-order valence-electron chi connectivity index (χ1n) is 10.2. The van der Waals surface area contributed by atoms with E-state index in [9.17, 15) is 4.79 Å². The van der Waals surface area contributed by atoms with Crippen LogP contribution < -0.4 is 14.8 Å². The maximum absolute atomic E-state index is 12.4. The van der Waals surface area contributed by atoms with Crippen LogP contribution in [0.2, 0.25) is 10.0 Å². The van der Waals surface area contributed by atoms with Crippen LogP contribution in [0.15, 0.2) is 54.2 Å². The molecular formula is C23H24Cl2N4O3S. The summed E-state index contributed by atoms with van der Waals surface area (Å²) in [7, 11) is 0. The number of anilines is 1. The van der Waals surface area contributed by atoms with Crippen molar-refractivity contribution in [2.24, 2.45) is 0 Å². The summed E-state index contributed by atoms with van der Waals surface area (Å²) in [6, 6.07) is 10.6. The van der Waals surface area contributed by atoms with Gasteiger partial charge >= 0.3 is 0 Å². The number of thioether (sulfide) groups is 1. The lowest BCUT2D eigenvalue weighted by molar-refractivity contribution is -0.113. The molecular weight excluding hydrogens is 483 g/mol. The molecule has 0 unspecified atom stereocenters. The lowest BCUT2D eigenvalue weighted by Gasteiger charge is -2.13. The molecule has 0 aliphatic rings. The second-order valence-electron chi connectivity index (χ2n) is 6.93. The number of carbonyl (C=O) groups excluding carboxylic acids is 1. The van der Waals surface area contributed by atoms with E-state index in [-0.39, 0.29) is 18.3 Å². The van der Waals surface area contributed by atoms with Crippen LogP contribution in [0, 0.1) is 6.92 Å². The predicted octanol–water partition coefficient (Wildman–Crippen LogP) is 5.79. The SMILES string of the molecule is C=CCn1c(COc2ccc(C)cc2OCC)nnc1SCC(=O)Nc1cc(Cl)ccc1Cl. The number of allylic oxidation sites excluding steroid dienone is 1. The molecule has 0 bridgehead atoms. The number of hydrogen-bond donors (Lipinski definition) is 1. The molecule has 1 amide bonds. The van der Waals surface area contributed by atoms with Crippen molar-refractivity contribution in [1.82, 2.24) is 14.8 Å². The number of rotatable bonds is 11. The third kappa shape index (κ3) is 6.90. The Hall–Kier alpha value is -2.68. The van der Waals surface area contributed by atoms with Gasteiger partial charge in [-0.3, -0.25) is 9.36 Å². The molecule has 1 aromatic heterocycles. The summed E-state index contributed by atoms with van der Waals surface area (Å²) in [6.07, 6.45) is 1.74. The fraction of sp³-hybridized carbons (Fsp3) is 0.261. The molecule has 1 heterocycles. The summed E-state index contributed by atoms with van der Waals surface area (Å²) in [5.41, 5.74) is 1.54. The van der Waals surface area contributed by atoms with Crippen LogP contribution in [0.4, 0.5) is 5.69 Å². The van der Waals surface area contributed by atoms with Gasteiger partial charge < -0.3 is 14.8 Å². The standard InChI is InChI=1S/C23H24Cl2N4O3S/c1-4-10-29-21(13-32-19-9-6-15(3)11-20(19)31-5-2)27-28-23(29)33-14-22(30)26-18-12-16(24)7-8-17(18)25/h4,6-9,11-12H,1,5,10,13-14H2,2-3H3,(H,26,30). The van der Waals surface area contributed by atoms with Crippen LogP contribution in [-0.2, 0) is 17.9 Å². The number of carbonyl (C=O) groups is 1. The van der Waals surface area contributed by atoms with Crippen LogP contribution in [0.1, 0.15) is 18.3 Å². The second-order valence-corrected chi connectivity index (χ2v) is 8.72. The number of hydrogen-bond acceptors (Lipinski definition) is 6.